The van der Waals surface area contributed by atoms with Gasteiger partial charge >= 0.3 is 0 Å². The molecule has 0 saturated heterocycles. The molecule has 0 aliphatic carbocycles. The van der Waals surface area contributed by atoms with Crippen LogP contribution in [0.2, 0.25) is 0 Å². The third kappa shape index (κ3) is 2.53. The first kappa shape index (κ1) is 11.8. The highest BCUT2D eigenvalue weighted by molar-refractivity contribution is 5.68. The standard InChI is InChI=1S/C15H16FN/c1-11-7-8-12(10-17-2)9-14(11)13-5-3-4-6-15(13)16/h3-9,17H,10H2,1-2H3. The summed E-state index contributed by atoms with van der Waals surface area (Å²) in [6.07, 6.45) is 0. The monoisotopic (exact) mass is 229 g/mol. The molecule has 0 aromatic heterocycles. The first-order valence-corrected chi connectivity index (χ1v) is 5.71. The fourth-order valence-electron chi connectivity index (χ4n) is 1.95. The van der Waals surface area contributed by atoms with E-state index in [2.05, 4.69) is 11.4 Å². The fourth-order valence-corrected chi connectivity index (χ4v) is 1.95. The van der Waals surface area contributed by atoms with E-state index in [1.54, 1.807) is 6.07 Å². The molecule has 0 atom stereocenters. The van der Waals surface area contributed by atoms with Crippen LogP contribution in [0.5, 0.6) is 0 Å². The summed E-state index contributed by atoms with van der Waals surface area (Å²) in [6.45, 7) is 2.80. The van der Waals surface area contributed by atoms with Gasteiger partial charge in [-0.15, -0.1) is 0 Å². The zero-order valence-electron chi connectivity index (χ0n) is 10.1. The van der Waals surface area contributed by atoms with Crippen molar-refractivity contribution in [1.82, 2.24) is 5.32 Å². The summed E-state index contributed by atoms with van der Waals surface area (Å²) < 4.78 is 13.8. The molecule has 0 unspecified atom stereocenters. The van der Waals surface area contributed by atoms with E-state index in [9.17, 15) is 4.39 Å². The van der Waals surface area contributed by atoms with Gasteiger partial charge in [-0.05, 0) is 42.8 Å². The van der Waals surface area contributed by atoms with E-state index in [1.165, 1.54) is 6.07 Å². The normalized spacial score (nSPS) is 10.5. The number of benzene rings is 2. The second kappa shape index (κ2) is 5.11. The maximum Gasteiger partial charge on any atom is 0.131 e. The molecule has 2 rings (SSSR count). The SMILES string of the molecule is CNCc1ccc(C)c(-c2ccccc2F)c1. The second-order valence-corrected chi connectivity index (χ2v) is 4.16. The minimum atomic E-state index is -0.169. The van der Waals surface area contributed by atoms with Crippen molar-refractivity contribution in [3.05, 3.63) is 59.4 Å². The number of rotatable bonds is 3. The zero-order chi connectivity index (χ0) is 12.3. The van der Waals surface area contributed by atoms with Gasteiger partial charge in [0, 0.05) is 12.1 Å². The number of aryl methyl sites for hydroxylation is 1. The van der Waals surface area contributed by atoms with Crippen molar-refractivity contribution in [2.24, 2.45) is 0 Å². The Morgan fingerprint density at radius 3 is 2.53 bits per heavy atom. The molecule has 17 heavy (non-hydrogen) atoms. The largest absolute Gasteiger partial charge is 0.316 e. The molecule has 0 amide bonds. The summed E-state index contributed by atoms with van der Waals surface area (Å²) in [5.74, 6) is -0.169. The molecule has 0 aliphatic rings. The molecule has 0 bridgehead atoms. The van der Waals surface area contributed by atoms with Crippen molar-refractivity contribution in [2.75, 3.05) is 7.05 Å². The quantitative estimate of drug-likeness (QED) is 0.849. The summed E-state index contributed by atoms with van der Waals surface area (Å²) in [5, 5.41) is 3.10. The number of nitrogens with one attached hydrogen (secondary N) is 1. The molecule has 1 N–H and O–H groups in total. The Morgan fingerprint density at radius 1 is 1.06 bits per heavy atom. The Labute approximate surface area is 101 Å². The van der Waals surface area contributed by atoms with Crippen molar-refractivity contribution in [3.63, 3.8) is 0 Å². The van der Waals surface area contributed by atoms with Crippen LogP contribution in [0.4, 0.5) is 4.39 Å². The molecule has 1 nitrogen and oxygen atoms in total. The maximum absolute atomic E-state index is 13.8. The Kier molecular flexibility index (Phi) is 3.55. The number of halogens is 1. The van der Waals surface area contributed by atoms with Gasteiger partial charge in [0.15, 0.2) is 0 Å². The molecule has 0 fully saturated rings. The number of hydrogen-bond acceptors (Lipinski definition) is 1. The highest BCUT2D eigenvalue weighted by atomic mass is 19.1. The van der Waals surface area contributed by atoms with Gasteiger partial charge < -0.3 is 5.32 Å². The van der Waals surface area contributed by atoms with Crippen molar-refractivity contribution >= 4 is 0 Å². The minimum Gasteiger partial charge on any atom is -0.316 e. The smallest absolute Gasteiger partial charge is 0.131 e. The molecule has 2 aromatic carbocycles. The molecule has 88 valence electrons. The van der Waals surface area contributed by atoms with Crippen LogP contribution in [0.15, 0.2) is 42.5 Å². The predicted molar refractivity (Wildman–Crippen MR) is 69.3 cm³/mol. The second-order valence-electron chi connectivity index (χ2n) is 4.16. The first-order chi connectivity index (χ1) is 8.22. The van der Waals surface area contributed by atoms with Crippen LogP contribution in [-0.4, -0.2) is 7.05 Å². The predicted octanol–water partition coefficient (Wildman–Crippen LogP) is 3.52. The first-order valence-electron chi connectivity index (χ1n) is 5.71. The minimum absolute atomic E-state index is 0.169. The van der Waals surface area contributed by atoms with Crippen LogP contribution in [0, 0.1) is 12.7 Å². The summed E-state index contributed by atoms with van der Waals surface area (Å²) in [4.78, 5) is 0. The Hall–Kier alpha value is -1.67. The molecule has 0 spiro atoms. The third-order valence-electron chi connectivity index (χ3n) is 2.85. The van der Waals surface area contributed by atoms with Crippen LogP contribution < -0.4 is 5.32 Å². The van der Waals surface area contributed by atoms with Crippen molar-refractivity contribution in [1.29, 1.82) is 0 Å². The van der Waals surface area contributed by atoms with Gasteiger partial charge in [0.2, 0.25) is 0 Å². The Balaban J connectivity index is 2.51. The van der Waals surface area contributed by atoms with Crippen LogP contribution >= 0.6 is 0 Å². The molecule has 0 heterocycles. The van der Waals surface area contributed by atoms with E-state index >= 15 is 0 Å². The van der Waals surface area contributed by atoms with Crippen molar-refractivity contribution < 1.29 is 4.39 Å². The van der Waals surface area contributed by atoms with E-state index in [0.29, 0.717) is 5.56 Å². The molecule has 0 aliphatic heterocycles. The van der Waals surface area contributed by atoms with E-state index in [4.69, 9.17) is 0 Å². The van der Waals surface area contributed by atoms with Crippen LogP contribution in [-0.2, 0) is 6.54 Å². The summed E-state index contributed by atoms with van der Waals surface area (Å²) >= 11 is 0. The molecule has 0 radical (unpaired) electrons. The lowest BCUT2D eigenvalue weighted by atomic mass is 9.97. The van der Waals surface area contributed by atoms with E-state index in [0.717, 1.165) is 23.2 Å². The lowest BCUT2D eigenvalue weighted by molar-refractivity contribution is 0.631. The highest BCUT2D eigenvalue weighted by Crippen LogP contribution is 2.26. The van der Waals surface area contributed by atoms with Gasteiger partial charge in [-0.3, -0.25) is 0 Å². The average molecular weight is 229 g/mol. The van der Waals surface area contributed by atoms with Gasteiger partial charge in [0.1, 0.15) is 5.82 Å². The van der Waals surface area contributed by atoms with Gasteiger partial charge in [0.25, 0.3) is 0 Å². The van der Waals surface area contributed by atoms with Gasteiger partial charge in [-0.25, -0.2) is 4.39 Å². The summed E-state index contributed by atoms with van der Waals surface area (Å²) in [6, 6.07) is 13.0. The number of hydrogen-bond donors (Lipinski definition) is 1. The highest BCUT2D eigenvalue weighted by Gasteiger charge is 2.07. The topological polar surface area (TPSA) is 12.0 Å². The van der Waals surface area contributed by atoms with Crippen LogP contribution in [0.1, 0.15) is 11.1 Å². The lowest BCUT2D eigenvalue weighted by Gasteiger charge is -2.10. The van der Waals surface area contributed by atoms with Crippen LogP contribution in [0.25, 0.3) is 11.1 Å². The van der Waals surface area contributed by atoms with Gasteiger partial charge in [-0.2, -0.15) is 0 Å². The lowest BCUT2D eigenvalue weighted by Crippen LogP contribution is -2.05. The molecular formula is C15H16FN. The molecule has 2 aromatic rings. The molecular weight excluding hydrogens is 213 g/mol. The van der Waals surface area contributed by atoms with Gasteiger partial charge in [-0.1, -0.05) is 30.3 Å². The Morgan fingerprint density at radius 2 is 1.82 bits per heavy atom. The van der Waals surface area contributed by atoms with Crippen LogP contribution in [0.3, 0.4) is 0 Å². The van der Waals surface area contributed by atoms with E-state index < -0.39 is 0 Å². The summed E-state index contributed by atoms with van der Waals surface area (Å²) in [7, 11) is 1.91. The summed E-state index contributed by atoms with van der Waals surface area (Å²) in [5.41, 5.74) is 3.89. The molecule has 2 heteroatoms. The van der Waals surface area contributed by atoms with E-state index in [-0.39, 0.29) is 5.82 Å². The molecule has 0 saturated carbocycles. The van der Waals surface area contributed by atoms with Crippen molar-refractivity contribution in [3.8, 4) is 11.1 Å². The Bertz CT molecular complexity index is 520. The van der Waals surface area contributed by atoms with E-state index in [1.807, 2.05) is 38.2 Å². The van der Waals surface area contributed by atoms with Crippen molar-refractivity contribution in [2.45, 2.75) is 13.5 Å². The van der Waals surface area contributed by atoms with Gasteiger partial charge in [0.05, 0.1) is 0 Å². The maximum atomic E-state index is 13.8. The zero-order valence-corrected chi connectivity index (χ0v) is 10.1. The fraction of sp³-hybridized carbons (Fsp3) is 0.200. The average Bonchev–Trinajstić information content (AvgIpc) is 2.33. The third-order valence-corrected chi connectivity index (χ3v) is 2.85.